The predicted octanol–water partition coefficient (Wildman–Crippen LogP) is 1.94. The first-order chi connectivity index (χ1) is 12.2. The maximum Gasteiger partial charge on any atom is 0.343 e. The summed E-state index contributed by atoms with van der Waals surface area (Å²) < 4.78 is 2.57. The Hall–Kier alpha value is -3.26. The Balaban J connectivity index is 1.65. The molecule has 0 aliphatic carbocycles. The summed E-state index contributed by atoms with van der Waals surface area (Å²) in [5, 5.41) is 14.0. The van der Waals surface area contributed by atoms with E-state index in [4.69, 9.17) is 11.8 Å². The normalized spacial score (nSPS) is 10.9. The highest BCUT2D eigenvalue weighted by Crippen LogP contribution is 2.27. The first kappa shape index (κ1) is 15.3. The lowest BCUT2D eigenvalue weighted by molar-refractivity contribution is 0.754. The number of H-pyrrole nitrogens is 1. The summed E-state index contributed by atoms with van der Waals surface area (Å²) in [6.45, 7) is 0.448. The Kier molecular flexibility index (Phi) is 3.87. The smallest absolute Gasteiger partial charge is 0.294 e. The van der Waals surface area contributed by atoms with Crippen molar-refractivity contribution in [1.82, 2.24) is 34.3 Å². The van der Waals surface area contributed by atoms with Crippen molar-refractivity contribution in [3.63, 3.8) is 0 Å². The Morgan fingerprint density at radius 2 is 1.96 bits per heavy atom. The van der Waals surface area contributed by atoms with Crippen molar-refractivity contribution >= 4 is 11.8 Å². The van der Waals surface area contributed by atoms with Crippen LogP contribution in [0.4, 0.5) is 0 Å². The minimum absolute atomic E-state index is 0.266. The molecule has 0 radical (unpaired) electrons. The van der Waals surface area contributed by atoms with Gasteiger partial charge in [-0.05, 0) is 22.4 Å². The van der Waals surface area contributed by atoms with Crippen LogP contribution in [0.15, 0.2) is 59.8 Å². The van der Waals surface area contributed by atoms with Gasteiger partial charge in [-0.1, -0.05) is 30.3 Å². The van der Waals surface area contributed by atoms with E-state index in [9.17, 15) is 4.79 Å². The summed E-state index contributed by atoms with van der Waals surface area (Å²) in [5.74, 6) is 0.440. The van der Waals surface area contributed by atoms with E-state index < -0.39 is 0 Å². The highest BCUT2D eigenvalue weighted by atomic mass is 35.5. The SMILES string of the molecule is O=c1n(Cl)ccn1Cc1ccc(-c2cccnc2-c2nn[nH]n2)cc1. The molecule has 25 heavy (non-hydrogen) atoms. The molecule has 1 N–H and O–H groups in total. The fourth-order valence-corrected chi connectivity index (χ4v) is 2.72. The molecule has 4 aromatic rings. The monoisotopic (exact) mass is 353 g/mol. The molecule has 0 spiro atoms. The van der Waals surface area contributed by atoms with Crippen molar-refractivity contribution in [1.29, 1.82) is 0 Å². The number of rotatable bonds is 4. The largest absolute Gasteiger partial charge is 0.343 e. The van der Waals surface area contributed by atoms with Crippen LogP contribution < -0.4 is 5.69 Å². The standard InChI is InChI=1S/C16H12ClN7O/c17-24-9-8-23(16(24)25)10-11-3-5-12(6-4-11)13-2-1-7-18-14(13)15-19-21-22-20-15/h1-9H,10H2,(H,19,20,21,22). The van der Waals surface area contributed by atoms with E-state index in [-0.39, 0.29) is 5.69 Å². The second-order valence-corrected chi connectivity index (χ2v) is 5.72. The molecular weight excluding hydrogens is 342 g/mol. The van der Waals surface area contributed by atoms with Gasteiger partial charge < -0.3 is 0 Å². The van der Waals surface area contributed by atoms with Crippen LogP contribution in [0.2, 0.25) is 0 Å². The number of hydrogen-bond acceptors (Lipinski definition) is 5. The average molecular weight is 354 g/mol. The zero-order valence-corrected chi connectivity index (χ0v) is 13.6. The third-order valence-corrected chi connectivity index (χ3v) is 4.05. The van der Waals surface area contributed by atoms with Crippen LogP contribution in [0, 0.1) is 0 Å². The summed E-state index contributed by atoms with van der Waals surface area (Å²) in [6, 6.07) is 11.7. The number of aromatic nitrogens is 7. The van der Waals surface area contributed by atoms with Gasteiger partial charge in [0.25, 0.3) is 0 Å². The third kappa shape index (κ3) is 2.94. The van der Waals surface area contributed by atoms with Gasteiger partial charge in [-0.2, -0.15) is 5.21 Å². The lowest BCUT2D eigenvalue weighted by Gasteiger charge is -2.07. The van der Waals surface area contributed by atoms with Crippen molar-refractivity contribution in [3.05, 3.63) is 71.0 Å². The minimum atomic E-state index is -0.266. The van der Waals surface area contributed by atoms with Crippen molar-refractivity contribution in [2.75, 3.05) is 0 Å². The second kappa shape index (κ2) is 6.33. The molecule has 0 atom stereocenters. The lowest BCUT2D eigenvalue weighted by atomic mass is 10.0. The number of hydrogen-bond donors (Lipinski definition) is 1. The van der Waals surface area contributed by atoms with Crippen LogP contribution in [0.1, 0.15) is 5.56 Å². The van der Waals surface area contributed by atoms with Crippen molar-refractivity contribution in [2.45, 2.75) is 6.54 Å². The van der Waals surface area contributed by atoms with E-state index in [0.717, 1.165) is 20.8 Å². The van der Waals surface area contributed by atoms with Gasteiger partial charge >= 0.3 is 5.69 Å². The van der Waals surface area contributed by atoms with E-state index >= 15 is 0 Å². The second-order valence-electron chi connectivity index (χ2n) is 5.35. The Bertz CT molecular complexity index is 1050. The van der Waals surface area contributed by atoms with E-state index in [1.54, 1.807) is 12.4 Å². The number of pyridine rings is 1. The van der Waals surface area contributed by atoms with Crippen LogP contribution in [-0.2, 0) is 6.54 Å². The van der Waals surface area contributed by atoms with Gasteiger partial charge in [-0.15, -0.1) is 10.2 Å². The number of halogens is 1. The molecule has 0 aliphatic heterocycles. The molecule has 9 heteroatoms. The predicted molar refractivity (Wildman–Crippen MR) is 91.9 cm³/mol. The number of nitrogens with zero attached hydrogens (tertiary/aromatic N) is 6. The summed E-state index contributed by atoms with van der Waals surface area (Å²) in [7, 11) is 0. The van der Waals surface area contributed by atoms with Crippen LogP contribution in [0.3, 0.4) is 0 Å². The molecule has 1 aromatic carbocycles. The molecule has 8 nitrogen and oxygen atoms in total. The molecule has 124 valence electrons. The van der Waals surface area contributed by atoms with Gasteiger partial charge in [0.15, 0.2) is 0 Å². The van der Waals surface area contributed by atoms with Gasteiger partial charge in [0.2, 0.25) is 5.82 Å². The van der Waals surface area contributed by atoms with E-state index in [2.05, 4.69) is 25.6 Å². The van der Waals surface area contributed by atoms with Crippen LogP contribution >= 0.6 is 11.8 Å². The van der Waals surface area contributed by atoms with Gasteiger partial charge in [-0.3, -0.25) is 9.55 Å². The first-order valence-corrected chi connectivity index (χ1v) is 7.78. The topological polar surface area (TPSA) is 94.3 Å². The molecule has 3 aromatic heterocycles. The zero-order valence-electron chi connectivity index (χ0n) is 12.9. The maximum absolute atomic E-state index is 11.8. The first-order valence-electron chi connectivity index (χ1n) is 7.44. The quantitative estimate of drug-likeness (QED) is 0.605. The van der Waals surface area contributed by atoms with E-state index in [1.807, 2.05) is 36.4 Å². The summed E-state index contributed by atoms with van der Waals surface area (Å²) in [4.78, 5) is 16.2. The fourth-order valence-electron chi connectivity index (χ4n) is 2.57. The van der Waals surface area contributed by atoms with Crippen molar-refractivity contribution in [2.24, 2.45) is 0 Å². The van der Waals surface area contributed by atoms with Crippen molar-refractivity contribution < 1.29 is 0 Å². The molecule has 0 saturated heterocycles. The number of tetrazole rings is 1. The average Bonchev–Trinajstić information content (AvgIpc) is 3.29. The van der Waals surface area contributed by atoms with Crippen LogP contribution in [0.5, 0.6) is 0 Å². The van der Waals surface area contributed by atoms with Crippen LogP contribution in [0.25, 0.3) is 22.6 Å². The highest BCUT2D eigenvalue weighted by molar-refractivity contribution is 6.15. The molecule has 0 aliphatic rings. The molecule has 0 unspecified atom stereocenters. The summed E-state index contributed by atoms with van der Waals surface area (Å²) in [5.41, 5.74) is 3.24. The fraction of sp³-hybridized carbons (Fsp3) is 0.0625. The molecular formula is C16H12ClN7O. The number of nitrogens with one attached hydrogen (secondary N) is 1. The van der Waals surface area contributed by atoms with Gasteiger partial charge in [0, 0.05) is 35.9 Å². The Labute approximate surface area is 146 Å². The van der Waals surface area contributed by atoms with E-state index in [1.165, 1.54) is 10.8 Å². The molecule has 0 bridgehead atoms. The van der Waals surface area contributed by atoms with Crippen molar-refractivity contribution in [3.8, 4) is 22.6 Å². The van der Waals surface area contributed by atoms with Gasteiger partial charge in [-0.25, -0.2) is 8.88 Å². The molecule has 4 rings (SSSR count). The molecule has 0 fully saturated rings. The Morgan fingerprint density at radius 3 is 2.64 bits per heavy atom. The summed E-state index contributed by atoms with van der Waals surface area (Å²) in [6.07, 6.45) is 4.86. The zero-order chi connectivity index (χ0) is 17.2. The number of imidazole rings is 1. The number of aromatic amines is 1. The van der Waals surface area contributed by atoms with Gasteiger partial charge in [0.05, 0.1) is 6.54 Å². The van der Waals surface area contributed by atoms with E-state index in [0.29, 0.717) is 18.1 Å². The number of benzene rings is 1. The minimum Gasteiger partial charge on any atom is -0.294 e. The third-order valence-electron chi connectivity index (χ3n) is 3.79. The highest BCUT2D eigenvalue weighted by Gasteiger charge is 2.12. The molecule has 0 saturated carbocycles. The lowest BCUT2D eigenvalue weighted by Crippen LogP contribution is -2.20. The molecule has 3 heterocycles. The summed E-state index contributed by atoms with van der Waals surface area (Å²) >= 11 is 5.72. The molecule has 0 amide bonds. The van der Waals surface area contributed by atoms with Crippen LogP contribution in [-0.4, -0.2) is 34.3 Å². The van der Waals surface area contributed by atoms with Gasteiger partial charge in [0.1, 0.15) is 5.69 Å². The maximum atomic E-state index is 11.8. The Morgan fingerprint density at radius 1 is 1.12 bits per heavy atom.